The molecule has 0 radical (unpaired) electrons. The predicted molar refractivity (Wildman–Crippen MR) is 99.5 cm³/mol. The van der Waals surface area contributed by atoms with Gasteiger partial charge in [0, 0.05) is 5.56 Å². The molecule has 3 N–H and O–H groups in total. The molecule has 0 aliphatic carbocycles. The van der Waals surface area contributed by atoms with E-state index in [-0.39, 0.29) is 35.6 Å². The second-order valence-corrected chi connectivity index (χ2v) is 6.77. The molecule has 144 valence electrons. The number of carboxylic acids is 1. The van der Waals surface area contributed by atoms with Crippen LogP contribution < -0.4 is 10.6 Å². The lowest BCUT2D eigenvalue weighted by Crippen LogP contribution is -2.49. The third-order valence-corrected chi connectivity index (χ3v) is 4.15. The van der Waals surface area contributed by atoms with Crippen LogP contribution in [0.4, 0.5) is 0 Å². The van der Waals surface area contributed by atoms with Gasteiger partial charge in [-0.1, -0.05) is 31.5 Å². The highest BCUT2D eigenvalue weighted by Crippen LogP contribution is 2.15. The highest BCUT2D eigenvalue weighted by molar-refractivity contribution is 5.97. The molecular formula is C20H24N2O5. The number of aryl methyl sites for hydroxylation is 2. The lowest BCUT2D eigenvalue weighted by molar-refractivity contribution is -0.124. The molecular weight excluding hydrogens is 348 g/mol. The fourth-order valence-electron chi connectivity index (χ4n) is 2.67. The Bertz CT molecular complexity index is 854. The number of hydrogen-bond acceptors (Lipinski definition) is 4. The minimum Gasteiger partial charge on any atom is -0.478 e. The number of rotatable bonds is 7. The summed E-state index contributed by atoms with van der Waals surface area (Å²) in [5.74, 6) is -1.29. The molecule has 2 rings (SSSR count). The van der Waals surface area contributed by atoms with Gasteiger partial charge >= 0.3 is 5.97 Å². The molecule has 0 saturated heterocycles. The van der Waals surface area contributed by atoms with E-state index in [0.717, 1.165) is 5.56 Å². The van der Waals surface area contributed by atoms with Crippen molar-refractivity contribution >= 4 is 17.8 Å². The summed E-state index contributed by atoms with van der Waals surface area (Å²) in [5, 5.41) is 14.5. The van der Waals surface area contributed by atoms with Crippen molar-refractivity contribution in [3.8, 4) is 0 Å². The summed E-state index contributed by atoms with van der Waals surface area (Å²) in [5.41, 5.74) is 1.50. The Morgan fingerprint density at radius 2 is 1.85 bits per heavy atom. The van der Waals surface area contributed by atoms with Crippen LogP contribution in [-0.2, 0) is 11.3 Å². The smallest absolute Gasteiger partial charge is 0.339 e. The maximum atomic E-state index is 12.5. The summed E-state index contributed by atoms with van der Waals surface area (Å²) in [6, 6.07) is 7.77. The first-order valence-corrected chi connectivity index (χ1v) is 8.67. The summed E-state index contributed by atoms with van der Waals surface area (Å²) < 4.78 is 5.35. The van der Waals surface area contributed by atoms with Gasteiger partial charge in [0.15, 0.2) is 0 Å². The first kappa shape index (κ1) is 20.2. The largest absolute Gasteiger partial charge is 0.478 e. The third-order valence-electron chi connectivity index (χ3n) is 4.15. The number of furan rings is 1. The van der Waals surface area contributed by atoms with Gasteiger partial charge < -0.3 is 20.2 Å². The molecule has 7 heteroatoms. The normalized spacial score (nSPS) is 11.9. The van der Waals surface area contributed by atoms with Crippen molar-refractivity contribution in [3.63, 3.8) is 0 Å². The molecule has 27 heavy (non-hydrogen) atoms. The highest BCUT2D eigenvalue weighted by atomic mass is 16.4. The minimum atomic E-state index is -1.08. The standard InChI is InChI=1S/C20H24N2O5/c1-11(2)17(22-18(23)14-7-5-6-12(3)8-14)19(24)21-10-15-9-16(20(25)26)13(4)27-15/h5-9,11,17H,10H2,1-4H3,(H,21,24)(H,22,23)(H,25,26). The molecule has 0 fully saturated rings. The quantitative estimate of drug-likeness (QED) is 0.692. The Labute approximate surface area is 157 Å². The SMILES string of the molecule is Cc1cccc(C(=O)NC(C(=O)NCc2cc(C(=O)O)c(C)o2)C(C)C)c1. The van der Waals surface area contributed by atoms with Crippen LogP contribution in [0, 0.1) is 19.8 Å². The second kappa shape index (κ2) is 8.53. The van der Waals surface area contributed by atoms with E-state index in [0.29, 0.717) is 11.3 Å². The average molecular weight is 372 g/mol. The van der Waals surface area contributed by atoms with Gasteiger partial charge in [0.25, 0.3) is 5.91 Å². The van der Waals surface area contributed by atoms with E-state index in [9.17, 15) is 14.4 Å². The first-order chi connectivity index (χ1) is 12.7. The van der Waals surface area contributed by atoms with Crippen LogP contribution in [0.5, 0.6) is 0 Å². The predicted octanol–water partition coefficient (Wildman–Crippen LogP) is 2.67. The molecule has 0 aliphatic heterocycles. The maximum absolute atomic E-state index is 12.5. The fraction of sp³-hybridized carbons (Fsp3) is 0.350. The number of benzene rings is 1. The van der Waals surface area contributed by atoms with Gasteiger partial charge in [-0.25, -0.2) is 4.79 Å². The van der Waals surface area contributed by atoms with Crippen molar-refractivity contribution in [2.75, 3.05) is 0 Å². The summed E-state index contributed by atoms with van der Waals surface area (Å²) in [6.45, 7) is 7.14. The van der Waals surface area contributed by atoms with Gasteiger partial charge in [0.2, 0.25) is 5.91 Å². The minimum absolute atomic E-state index is 0.0382. The summed E-state index contributed by atoms with van der Waals surface area (Å²) in [6.07, 6.45) is 0. The third kappa shape index (κ3) is 5.20. The average Bonchev–Trinajstić information content (AvgIpc) is 2.98. The van der Waals surface area contributed by atoms with Crippen molar-refractivity contribution in [2.45, 2.75) is 40.3 Å². The number of aromatic carboxylic acids is 1. The van der Waals surface area contributed by atoms with E-state index in [1.54, 1.807) is 25.1 Å². The van der Waals surface area contributed by atoms with E-state index in [2.05, 4.69) is 10.6 Å². The number of carbonyl (C=O) groups excluding carboxylic acids is 2. The van der Waals surface area contributed by atoms with Gasteiger partial charge in [0.05, 0.1) is 6.54 Å². The van der Waals surface area contributed by atoms with E-state index in [4.69, 9.17) is 9.52 Å². The Morgan fingerprint density at radius 3 is 2.41 bits per heavy atom. The molecule has 1 heterocycles. The van der Waals surface area contributed by atoms with Crippen LogP contribution in [0.25, 0.3) is 0 Å². The van der Waals surface area contributed by atoms with Crippen molar-refractivity contribution < 1.29 is 23.9 Å². The maximum Gasteiger partial charge on any atom is 0.339 e. The second-order valence-electron chi connectivity index (χ2n) is 6.77. The Hall–Kier alpha value is -3.09. The molecule has 1 atom stereocenters. The zero-order valence-corrected chi connectivity index (χ0v) is 15.8. The Kier molecular flexibility index (Phi) is 6.39. The summed E-state index contributed by atoms with van der Waals surface area (Å²) >= 11 is 0. The van der Waals surface area contributed by atoms with Crippen molar-refractivity contribution in [2.24, 2.45) is 5.92 Å². The topological polar surface area (TPSA) is 109 Å². The van der Waals surface area contributed by atoms with E-state index in [1.165, 1.54) is 6.07 Å². The van der Waals surface area contributed by atoms with E-state index < -0.39 is 12.0 Å². The zero-order chi connectivity index (χ0) is 20.1. The van der Waals surface area contributed by atoms with Crippen molar-refractivity contribution in [3.05, 3.63) is 58.5 Å². The van der Waals surface area contributed by atoms with Crippen LogP contribution in [0.1, 0.15) is 51.6 Å². The number of amides is 2. The van der Waals surface area contributed by atoms with E-state index in [1.807, 2.05) is 26.8 Å². The van der Waals surface area contributed by atoms with Crippen molar-refractivity contribution in [1.82, 2.24) is 10.6 Å². The highest BCUT2D eigenvalue weighted by Gasteiger charge is 2.25. The van der Waals surface area contributed by atoms with Gasteiger partial charge in [0.1, 0.15) is 23.1 Å². The lowest BCUT2D eigenvalue weighted by atomic mass is 10.0. The van der Waals surface area contributed by atoms with Gasteiger partial charge in [-0.05, 0) is 38.0 Å². The summed E-state index contributed by atoms with van der Waals surface area (Å²) in [4.78, 5) is 36.0. The fourth-order valence-corrected chi connectivity index (χ4v) is 2.67. The Morgan fingerprint density at radius 1 is 1.15 bits per heavy atom. The molecule has 1 aromatic heterocycles. The first-order valence-electron chi connectivity index (χ1n) is 8.67. The zero-order valence-electron chi connectivity index (χ0n) is 15.8. The molecule has 7 nitrogen and oxygen atoms in total. The molecule has 0 bridgehead atoms. The molecule has 0 aliphatic rings. The molecule has 2 aromatic rings. The molecule has 1 unspecified atom stereocenters. The van der Waals surface area contributed by atoms with Crippen LogP contribution in [0.3, 0.4) is 0 Å². The molecule has 1 aromatic carbocycles. The van der Waals surface area contributed by atoms with E-state index >= 15 is 0 Å². The number of nitrogens with one attached hydrogen (secondary N) is 2. The molecule has 0 saturated carbocycles. The summed E-state index contributed by atoms with van der Waals surface area (Å²) in [7, 11) is 0. The van der Waals surface area contributed by atoms with Gasteiger partial charge in [-0.3, -0.25) is 9.59 Å². The molecule has 2 amide bonds. The van der Waals surface area contributed by atoms with Crippen LogP contribution >= 0.6 is 0 Å². The van der Waals surface area contributed by atoms with Crippen LogP contribution in [0.15, 0.2) is 34.7 Å². The number of carbonyl (C=O) groups is 3. The van der Waals surface area contributed by atoms with Gasteiger partial charge in [-0.15, -0.1) is 0 Å². The Balaban J connectivity index is 2.03. The number of carboxylic acid groups (broad SMARTS) is 1. The lowest BCUT2D eigenvalue weighted by Gasteiger charge is -2.21. The molecule has 0 spiro atoms. The number of hydrogen-bond donors (Lipinski definition) is 3. The van der Waals surface area contributed by atoms with Gasteiger partial charge in [-0.2, -0.15) is 0 Å². The van der Waals surface area contributed by atoms with Crippen LogP contribution in [-0.4, -0.2) is 28.9 Å². The van der Waals surface area contributed by atoms with Crippen molar-refractivity contribution in [1.29, 1.82) is 0 Å². The van der Waals surface area contributed by atoms with Crippen LogP contribution in [0.2, 0.25) is 0 Å². The monoisotopic (exact) mass is 372 g/mol.